The number of benzene rings is 1. The summed E-state index contributed by atoms with van der Waals surface area (Å²) in [6.07, 6.45) is 0.749. The van der Waals surface area contributed by atoms with Crippen LogP contribution in [0.2, 0.25) is 5.02 Å². The lowest BCUT2D eigenvalue weighted by Crippen LogP contribution is -2.27. The molecule has 0 fully saturated rings. The number of carbonyl (C=O) groups excluding carboxylic acids is 1. The van der Waals surface area contributed by atoms with E-state index < -0.39 is 0 Å². The quantitative estimate of drug-likeness (QED) is 0.581. The molecule has 2 aromatic rings. The summed E-state index contributed by atoms with van der Waals surface area (Å²) in [5.41, 5.74) is 3.70. The lowest BCUT2D eigenvalue weighted by Gasteiger charge is -2.07. The van der Waals surface area contributed by atoms with Crippen LogP contribution >= 0.6 is 11.6 Å². The fourth-order valence-electron chi connectivity index (χ4n) is 1.73. The Balaban J connectivity index is 1.95. The van der Waals surface area contributed by atoms with Gasteiger partial charge in [0.15, 0.2) is 0 Å². The molecule has 20 heavy (non-hydrogen) atoms. The van der Waals surface area contributed by atoms with Gasteiger partial charge in [0.1, 0.15) is 11.5 Å². The zero-order chi connectivity index (χ0) is 14.4. The molecule has 0 spiro atoms. The molecule has 104 valence electrons. The summed E-state index contributed by atoms with van der Waals surface area (Å²) in [5, 5.41) is 3.08. The van der Waals surface area contributed by atoms with Crippen LogP contribution in [0.4, 0.5) is 5.82 Å². The van der Waals surface area contributed by atoms with Crippen molar-refractivity contribution in [3.05, 3.63) is 58.7 Å². The first-order valence-electron chi connectivity index (χ1n) is 6.16. The first-order valence-corrected chi connectivity index (χ1v) is 6.54. The van der Waals surface area contributed by atoms with Gasteiger partial charge in [-0.1, -0.05) is 41.9 Å². The Hall–Kier alpha value is -2.11. The van der Waals surface area contributed by atoms with Crippen molar-refractivity contribution in [1.82, 2.24) is 10.3 Å². The second-order valence-corrected chi connectivity index (χ2v) is 4.57. The van der Waals surface area contributed by atoms with Crippen LogP contribution in [0.5, 0.6) is 0 Å². The Morgan fingerprint density at radius 1 is 1.20 bits per heavy atom. The average Bonchev–Trinajstić information content (AvgIpc) is 2.48. The van der Waals surface area contributed by atoms with E-state index in [0.29, 0.717) is 17.4 Å². The third-order valence-electron chi connectivity index (χ3n) is 2.75. The minimum absolute atomic E-state index is 0.162. The molecule has 0 saturated carbocycles. The average molecular weight is 291 g/mol. The number of nitrogens with one attached hydrogen (secondary N) is 2. The monoisotopic (exact) mass is 290 g/mol. The summed E-state index contributed by atoms with van der Waals surface area (Å²) in [5.74, 6) is 5.33. The van der Waals surface area contributed by atoms with Crippen molar-refractivity contribution in [2.24, 2.45) is 5.84 Å². The number of aromatic nitrogens is 1. The van der Waals surface area contributed by atoms with Gasteiger partial charge >= 0.3 is 0 Å². The minimum atomic E-state index is -0.317. The third-order valence-corrected chi connectivity index (χ3v) is 3.06. The molecule has 0 radical (unpaired) electrons. The van der Waals surface area contributed by atoms with Crippen molar-refractivity contribution in [2.75, 3.05) is 12.0 Å². The Kier molecular flexibility index (Phi) is 4.92. The number of nitrogens with two attached hydrogens (primary N) is 1. The van der Waals surface area contributed by atoms with Crippen LogP contribution in [-0.2, 0) is 6.42 Å². The normalized spacial score (nSPS) is 10.1. The van der Waals surface area contributed by atoms with E-state index in [2.05, 4.69) is 15.7 Å². The van der Waals surface area contributed by atoms with Gasteiger partial charge in [0.2, 0.25) is 0 Å². The van der Waals surface area contributed by atoms with E-state index in [1.807, 2.05) is 30.3 Å². The molecule has 4 N–H and O–H groups in total. The third kappa shape index (κ3) is 3.69. The van der Waals surface area contributed by atoms with Crippen LogP contribution < -0.4 is 16.6 Å². The first-order chi connectivity index (χ1) is 9.70. The van der Waals surface area contributed by atoms with E-state index in [4.69, 9.17) is 17.4 Å². The Bertz CT molecular complexity index is 589. The number of rotatable bonds is 5. The number of nitrogen functional groups attached to an aromatic ring is 1. The standard InChI is InChI=1S/C14H15ClN4O/c15-11-6-7-12(19-16)18-13(11)14(20)17-9-8-10-4-2-1-3-5-10/h1-7H,8-9,16H2,(H,17,20)(H,18,19). The van der Waals surface area contributed by atoms with Crippen molar-refractivity contribution >= 4 is 23.3 Å². The number of carbonyl (C=O) groups is 1. The van der Waals surface area contributed by atoms with E-state index in [-0.39, 0.29) is 11.6 Å². The number of anilines is 1. The molecule has 0 bridgehead atoms. The molecule has 6 heteroatoms. The van der Waals surface area contributed by atoms with Gasteiger partial charge in [-0.3, -0.25) is 4.79 Å². The highest BCUT2D eigenvalue weighted by molar-refractivity contribution is 6.33. The fourth-order valence-corrected chi connectivity index (χ4v) is 1.92. The molecular weight excluding hydrogens is 276 g/mol. The highest BCUT2D eigenvalue weighted by Crippen LogP contribution is 2.16. The first kappa shape index (κ1) is 14.3. The maximum absolute atomic E-state index is 12.0. The molecule has 0 atom stereocenters. The maximum atomic E-state index is 12.0. The van der Waals surface area contributed by atoms with Gasteiger partial charge in [0, 0.05) is 6.54 Å². The minimum Gasteiger partial charge on any atom is -0.350 e. The molecule has 0 aliphatic heterocycles. The van der Waals surface area contributed by atoms with Crippen molar-refractivity contribution in [1.29, 1.82) is 0 Å². The molecule has 1 heterocycles. The van der Waals surface area contributed by atoms with Crippen LogP contribution in [0.3, 0.4) is 0 Å². The van der Waals surface area contributed by atoms with Crippen molar-refractivity contribution in [3.8, 4) is 0 Å². The SMILES string of the molecule is NNc1ccc(Cl)c(C(=O)NCCc2ccccc2)n1. The molecule has 1 aromatic heterocycles. The van der Waals surface area contributed by atoms with Gasteiger partial charge in [-0.25, -0.2) is 10.8 Å². The molecule has 0 saturated heterocycles. The molecule has 5 nitrogen and oxygen atoms in total. The summed E-state index contributed by atoms with van der Waals surface area (Å²) < 4.78 is 0. The number of hydrazine groups is 1. The number of pyridine rings is 1. The van der Waals surface area contributed by atoms with E-state index in [1.165, 1.54) is 0 Å². The summed E-state index contributed by atoms with van der Waals surface area (Å²) in [4.78, 5) is 16.0. The van der Waals surface area contributed by atoms with Gasteiger partial charge in [-0.15, -0.1) is 0 Å². The Morgan fingerprint density at radius 3 is 2.65 bits per heavy atom. The lowest BCUT2D eigenvalue weighted by molar-refractivity contribution is 0.0949. The van der Waals surface area contributed by atoms with Crippen LogP contribution in [0.25, 0.3) is 0 Å². The molecule has 0 unspecified atom stereocenters. The van der Waals surface area contributed by atoms with E-state index in [1.54, 1.807) is 12.1 Å². The fraction of sp³-hybridized carbons (Fsp3) is 0.143. The van der Waals surface area contributed by atoms with Crippen molar-refractivity contribution < 1.29 is 4.79 Å². The Labute approximate surface area is 122 Å². The second-order valence-electron chi connectivity index (χ2n) is 4.16. The number of amides is 1. The number of hydrogen-bond acceptors (Lipinski definition) is 4. The summed E-state index contributed by atoms with van der Waals surface area (Å²) in [6.45, 7) is 0.515. The molecule has 0 aliphatic rings. The van der Waals surface area contributed by atoms with Gasteiger partial charge in [-0.05, 0) is 24.1 Å². The van der Waals surface area contributed by atoms with Crippen LogP contribution in [0, 0.1) is 0 Å². The zero-order valence-corrected chi connectivity index (χ0v) is 11.5. The van der Waals surface area contributed by atoms with Gasteiger partial charge in [0.05, 0.1) is 5.02 Å². The second kappa shape index (κ2) is 6.88. The topological polar surface area (TPSA) is 80.0 Å². The lowest BCUT2D eigenvalue weighted by atomic mass is 10.1. The van der Waals surface area contributed by atoms with Crippen molar-refractivity contribution in [2.45, 2.75) is 6.42 Å². The highest BCUT2D eigenvalue weighted by Gasteiger charge is 2.12. The molecule has 1 amide bonds. The molecule has 1 aromatic carbocycles. The predicted molar refractivity (Wildman–Crippen MR) is 79.5 cm³/mol. The van der Waals surface area contributed by atoms with Crippen LogP contribution in [-0.4, -0.2) is 17.4 Å². The van der Waals surface area contributed by atoms with E-state index in [0.717, 1.165) is 12.0 Å². The molecule has 2 rings (SSSR count). The summed E-state index contributed by atoms with van der Waals surface area (Å²) >= 11 is 5.95. The smallest absolute Gasteiger partial charge is 0.271 e. The zero-order valence-electron chi connectivity index (χ0n) is 10.8. The van der Waals surface area contributed by atoms with Gasteiger partial charge in [0.25, 0.3) is 5.91 Å². The summed E-state index contributed by atoms with van der Waals surface area (Å²) in [7, 11) is 0. The van der Waals surface area contributed by atoms with Crippen LogP contribution in [0.15, 0.2) is 42.5 Å². The van der Waals surface area contributed by atoms with Crippen LogP contribution in [0.1, 0.15) is 16.1 Å². The number of hydrogen-bond donors (Lipinski definition) is 3. The largest absolute Gasteiger partial charge is 0.350 e. The number of nitrogens with zero attached hydrogens (tertiary/aromatic N) is 1. The van der Waals surface area contributed by atoms with E-state index in [9.17, 15) is 4.79 Å². The molecular formula is C14H15ClN4O. The Morgan fingerprint density at radius 2 is 1.95 bits per heavy atom. The molecule has 0 aliphatic carbocycles. The maximum Gasteiger partial charge on any atom is 0.271 e. The summed E-state index contributed by atoms with van der Waals surface area (Å²) in [6, 6.07) is 13.1. The van der Waals surface area contributed by atoms with Gasteiger partial charge < -0.3 is 10.7 Å². The predicted octanol–water partition coefficient (Wildman–Crippen LogP) is 1.99. The number of halogens is 1. The van der Waals surface area contributed by atoms with E-state index >= 15 is 0 Å². The highest BCUT2D eigenvalue weighted by atomic mass is 35.5. The van der Waals surface area contributed by atoms with Crippen molar-refractivity contribution in [3.63, 3.8) is 0 Å². The van der Waals surface area contributed by atoms with Gasteiger partial charge in [-0.2, -0.15) is 0 Å².